The van der Waals surface area contributed by atoms with Crippen molar-refractivity contribution in [3.8, 4) is 0 Å². The third-order valence-electron chi connectivity index (χ3n) is 5.49. The molecule has 0 saturated heterocycles. The van der Waals surface area contributed by atoms with E-state index in [1.54, 1.807) is 35.3 Å². The van der Waals surface area contributed by atoms with E-state index in [9.17, 15) is 21.6 Å². The van der Waals surface area contributed by atoms with Crippen molar-refractivity contribution in [3.05, 3.63) is 92.9 Å². The Hall–Kier alpha value is -2.30. The van der Waals surface area contributed by atoms with E-state index in [4.69, 9.17) is 34.8 Å². The van der Waals surface area contributed by atoms with Crippen molar-refractivity contribution in [3.63, 3.8) is 0 Å². The number of sulfonamides is 1. The number of nitrogens with zero attached hydrogens (tertiary/aromatic N) is 2. The predicted molar refractivity (Wildman–Crippen MR) is 137 cm³/mol. The molecule has 0 spiro atoms. The third-order valence-corrected chi connectivity index (χ3v) is 7.70. The second kappa shape index (κ2) is 10.6. The van der Waals surface area contributed by atoms with E-state index in [1.165, 1.54) is 0 Å². The molecule has 4 rings (SSSR count). The summed E-state index contributed by atoms with van der Waals surface area (Å²) >= 11 is 18.5. The third kappa shape index (κ3) is 6.52. The number of nitrogens with one attached hydrogen (secondary N) is 1. The fraction of sp³-hybridized carbons (Fsp3) is 0.208. The zero-order valence-electron chi connectivity index (χ0n) is 18.4. The van der Waals surface area contributed by atoms with Crippen LogP contribution in [0.1, 0.15) is 23.6 Å². The first-order valence-corrected chi connectivity index (χ1v) is 13.2. The highest BCUT2D eigenvalue weighted by Gasteiger charge is 2.31. The van der Waals surface area contributed by atoms with Gasteiger partial charge in [-0.3, -0.25) is 5.01 Å². The predicted octanol–water partition coefficient (Wildman–Crippen LogP) is 7.04. The van der Waals surface area contributed by atoms with Crippen LogP contribution >= 0.6 is 34.8 Å². The minimum absolute atomic E-state index is 0.0251. The van der Waals surface area contributed by atoms with Crippen LogP contribution in [0.4, 0.5) is 18.9 Å². The van der Waals surface area contributed by atoms with Crippen molar-refractivity contribution in [2.75, 3.05) is 11.6 Å². The van der Waals surface area contributed by atoms with Gasteiger partial charge in [0.05, 0.1) is 40.3 Å². The Morgan fingerprint density at radius 1 is 0.944 bits per heavy atom. The molecule has 0 bridgehead atoms. The van der Waals surface area contributed by atoms with Gasteiger partial charge >= 0.3 is 6.18 Å². The summed E-state index contributed by atoms with van der Waals surface area (Å²) in [4.78, 5) is -0.140. The van der Waals surface area contributed by atoms with Crippen LogP contribution < -0.4 is 9.73 Å². The van der Waals surface area contributed by atoms with Crippen molar-refractivity contribution in [2.45, 2.75) is 30.0 Å². The Balaban J connectivity index is 1.54. The maximum atomic E-state index is 12.8. The first-order valence-electron chi connectivity index (χ1n) is 10.6. The molecule has 0 saturated carbocycles. The Morgan fingerprint density at radius 3 is 2.19 bits per heavy atom. The van der Waals surface area contributed by atoms with Crippen molar-refractivity contribution >= 4 is 56.2 Å². The highest BCUT2D eigenvalue weighted by molar-refractivity contribution is 7.89. The Labute approximate surface area is 221 Å². The van der Waals surface area contributed by atoms with Crippen LogP contribution in [0.2, 0.25) is 15.1 Å². The highest BCUT2D eigenvalue weighted by atomic mass is 35.5. The Kier molecular flexibility index (Phi) is 7.87. The maximum absolute atomic E-state index is 12.8. The topological polar surface area (TPSA) is 61.8 Å². The van der Waals surface area contributed by atoms with Gasteiger partial charge in [-0.05, 0) is 53.6 Å². The van der Waals surface area contributed by atoms with Crippen LogP contribution in [-0.2, 0) is 16.4 Å². The molecule has 1 unspecified atom stereocenters. The molecule has 3 aromatic carbocycles. The second-order valence-corrected chi connectivity index (χ2v) is 11.2. The van der Waals surface area contributed by atoms with Crippen molar-refractivity contribution in [1.29, 1.82) is 0 Å². The van der Waals surface area contributed by atoms with Crippen molar-refractivity contribution < 1.29 is 21.6 Å². The molecule has 0 aliphatic carbocycles. The molecule has 1 heterocycles. The number of hydrogen-bond acceptors (Lipinski definition) is 4. The van der Waals surface area contributed by atoms with Gasteiger partial charge in [-0.1, -0.05) is 59.1 Å². The summed E-state index contributed by atoms with van der Waals surface area (Å²) < 4.78 is 65.7. The minimum atomic E-state index is -4.38. The van der Waals surface area contributed by atoms with E-state index < -0.39 is 22.6 Å². The molecule has 0 fully saturated rings. The molecule has 190 valence electrons. The summed E-state index contributed by atoms with van der Waals surface area (Å²) in [5.74, 6) is 0. The average molecular weight is 577 g/mol. The lowest BCUT2D eigenvalue weighted by Gasteiger charge is -2.25. The number of anilines is 1. The van der Waals surface area contributed by atoms with Crippen LogP contribution in [0.5, 0.6) is 0 Å². The molecule has 0 aromatic heterocycles. The molecule has 0 amide bonds. The van der Waals surface area contributed by atoms with E-state index in [-0.39, 0.29) is 23.0 Å². The summed E-state index contributed by atoms with van der Waals surface area (Å²) in [6.45, 7) is -0.0988. The smallest absolute Gasteiger partial charge is 0.256 e. The lowest BCUT2D eigenvalue weighted by Crippen LogP contribution is -2.29. The van der Waals surface area contributed by atoms with E-state index in [2.05, 4.69) is 9.82 Å². The molecule has 12 heteroatoms. The highest BCUT2D eigenvalue weighted by Crippen LogP contribution is 2.39. The van der Waals surface area contributed by atoms with Gasteiger partial charge in [0.15, 0.2) is 0 Å². The molecule has 5 nitrogen and oxygen atoms in total. The van der Waals surface area contributed by atoms with Gasteiger partial charge in [0.2, 0.25) is 10.0 Å². The first-order chi connectivity index (χ1) is 16.9. The zero-order valence-corrected chi connectivity index (χ0v) is 21.5. The van der Waals surface area contributed by atoms with Gasteiger partial charge < -0.3 is 0 Å². The maximum Gasteiger partial charge on any atom is 0.393 e. The number of hydrazone groups is 1. The standard InChI is InChI=1S/C24H19Cl3F3N3O2S/c25-17-5-3-16(4-6-17)23-12-19(32-33(23)22-10-7-18(26)11-21(22)27)14-31-36(34,35)20-8-1-15(2-9-20)13-24(28,29)30/h1-11,23,31H,12-14H2. The van der Waals surface area contributed by atoms with Gasteiger partial charge in [-0.25, -0.2) is 13.1 Å². The van der Waals surface area contributed by atoms with E-state index in [1.807, 2.05) is 12.1 Å². The lowest BCUT2D eigenvalue weighted by molar-refractivity contribution is -0.127. The monoisotopic (exact) mass is 575 g/mol. The van der Waals surface area contributed by atoms with Crippen LogP contribution in [0, 0.1) is 0 Å². The quantitative estimate of drug-likeness (QED) is 0.328. The normalized spacial score (nSPS) is 16.3. The Morgan fingerprint density at radius 2 is 1.58 bits per heavy atom. The lowest BCUT2D eigenvalue weighted by atomic mass is 10.0. The SMILES string of the molecule is O=S(=O)(NCC1=NN(c2ccc(Cl)cc2Cl)C(c2ccc(Cl)cc2)C1)c1ccc(CC(F)(F)F)cc1. The van der Waals surface area contributed by atoms with E-state index >= 15 is 0 Å². The average Bonchev–Trinajstić information content (AvgIpc) is 3.21. The molecule has 1 aliphatic heterocycles. The molecule has 3 aromatic rings. The molecule has 1 atom stereocenters. The number of alkyl halides is 3. The van der Waals surface area contributed by atoms with Crippen LogP contribution in [0.25, 0.3) is 0 Å². The van der Waals surface area contributed by atoms with Gasteiger partial charge in [0.1, 0.15) is 0 Å². The molecular formula is C24H19Cl3F3N3O2S. The molecular weight excluding hydrogens is 558 g/mol. The van der Waals surface area contributed by atoms with Crippen LogP contribution in [0.3, 0.4) is 0 Å². The zero-order chi connectivity index (χ0) is 26.1. The van der Waals surface area contributed by atoms with Gasteiger partial charge in [-0.15, -0.1) is 0 Å². The molecule has 36 heavy (non-hydrogen) atoms. The summed E-state index contributed by atoms with van der Waals surface area (Å²) in [6.07, 6.45) is -5.11. The minimum Gasteiger partial charge on any atom is -0.256 e. The van der Waals surface area contributed by atoms with Crippen LogP contribution in [-0.4, -0.2) is 26.9 Å². The van der Waals surface area contributed by atoms with Gasteiger partial charge in [0, 0.05) is 16.5 Å². The molecule has 0 radical (unpaired) electrons. The van der Waals surface area contributed by atoms with Crippen LogP contribution in [0.15, 0.2) is 76.7 Å². The van der Waals surface area contributed by atoms with E-state index in [0.29, 0.717) is 32.9 Å². The fourth-order valence-electron chi connectivity index (χ4n) is 3.79. The molecule has 1 aliphatic rings. The number of benzene rings is 3. The second-order valence-electron chi connectivity index (χ2n) is 8.14. The summed E-state index contributed by atoms with van der Waals surface area (Å²) in [5.41, 5.74) is 2.01. The van der Waals surface area contributed by atoms with Crippen molar-refractivity contribution in [1.82, 2.24) is 4.72 Å². The number of rotatable bonds is 7. The van der Waals surface area contributed by atoms with E-state index in [0.717, 1.165) is 29.8 Å². The largest absolute Gasteiger partial charge is 0.393 e. The number of hydrogen-bond donors (Lipinski definition) is 1. The first kappa shape index (κ1) is 26.8. The van der Waals surface area contributed by atoms with Crippen molar-refractivity contribution in [2.24, 2.45) is 5.10 Å². The van der Waals surface area contributed by atoms with Gasteiger partial charge in [0.25, 0.3) is 0 Å². The molecule has 1 N–H and O–H groups in total. The summed E-state index contributed by atoms with van der Waals surface area (Å²) in [6, 6.07) is 16.5. The number of halogens is 6. The fourth-order valence-corrected chi connectivity index (χ4v) is 5.43. The summed E-state index contributed by atoms with van der Waals surface area (Å²) in [5, 5.41) is 7.74. The summed E-state index contributed by atoms with van der Waals surface area (Å²) in [7, 11) is -3.98. The van der Waals surface area contributed by atoms with Gasteiger partial charge in [-0.2, -0.15) is 18.3 Å². The Bertz CT molecular complexity index is 1380.